The second-order valence-electron chi connectivity index (χ2n) is 6.65. The van der Waals surface area contributed by atoms with Crippen LogP contribution in [0.4, 0.5) is 0 Å². The maximum atomic E-state index is 12.8. The number of aromatic nitrogens is 1. The Kier molecular flexibility index (Phi) is 6.61. The molecule has 3 rings (SSSR count). The van der Waals surface area contributed by atoms with Crippen molar-refractivity contribution in [2.45, 2.75) is 26.8 Å². The predicted molar refractivity (Wildman–Crippen MR) is 111 cm³/mol. The molecule has 3 aromatic rings. The number of carbonyl (C=O) groups is 1. The molecule has 5 heteroatoms. The van der Waals surface area contributed by atoms with Gasteiger partial charge in [-0.2, -0.15) is 0 Å². The number of amides is 1. The molecule has 28 heavy (non-hydrogen) atoms. The zero-order valence-electron chi connectivity index (χ0n) is 16.7. The van der Waals surface area contributed by atoms with Crippen molar-refractivity contribution in [2.24, 2.45) is 0 Å². The van der Waals surface area contributed by atoms with Gasteiger partial charge in [-0.05, 0) is 37.7 Å². The van der Waals surface area contributed by atoms with Crippen LogP contribution in [-0.2, 0) is 0 Å². The molecule has 2 aromatic carbocycles. The molecule has 0 fully saturated rings. The van der Waals surface area contributed by atoms with Gasteiger partial charge in [0.2, 0.25) is 5.89 Å². The molecule has 0 saturated carbocycles. The van der Waals surface area contributed by atoms with Crippen molar-refractivity contribution in [3.05, 3.63) is 77.7 Å². The maximum Gasteiger partial charge on any atom is 0.273 e. The molecule has 0 bridgehead atoms. The molecule has 5 nitrogen and oxygen atoms in total. The third kappa shape index (κ3) is 4.49. The molecule has 0 spiro atoms. The van der Waals surface area contributed by atoms with E-state index in [0.717, 1.165) is 18.7 Å². The number of hydrogen-bond acceptors (Lipinski definition) is 4. The van der Waals surface area contributed by atoms with Crippen LogP contribution in [0.15, 0.2) is 65.1 Å². The van der Waals surface area contributed by atoms with E-state index in [-0.39, 0.29) is 11.9 Å². The molecule has 146 valence electrons. The zero-order chi connectivity index (χ0) is 19.9. The van der Waals surface area contributed by atoms with Gasteiger partial charge in [0, 0.05) is 12.1 Å². The van der Waals surface area contributed by atoms with E-state index in [1.54, 1.807) is 6.92 Å². The van der Waals surface area contributed by atoms with Crippen molar-refractivity contribution in [1.29, 1.82) is 0 Å². The summed E-state index contributed by atoms with van der Waals surface area (Å²) in [6.07, 6.45) is 0. The van der Waals surface area contributed by atoms with Crippen LogP contribution in [0.5, 0.6) is 0 Å². The lowest BCUT2D eigenvalue weighted by molar-refractivity contribution is 0.0929. The lowest BCUT2D eigenvalue weighted by Gasteiger charge is -2.30. The van der Waals surface area contributed by atoms with Gasteiger partial charge in [-0.15, -0.1) is 0 Å². The fourth-order valence-electron chi connectivity index (χ4n) is 3.38. The predicted octanol–water partition coefficient (Wildman–Crippen LogP) is 4.46. The Hall–Kier alpha value is -2.92. The molecule has 0 radical (unpaired) electrons. The van der Waals surface area contributed by atoms with Gasteiger partial charge in [0.1, 0.15) is 5.76 Å². The van der Waals surface area contributed by atoms with Gasteiger partial charge >= 0.3 is 0 Å². The number of likely N-dealkylation sites (N-methyl/N-ethyl adjacent to an activating group) is 1. The van der Waals surface area contributed by atoms with Crippen LogP contribution in [0.3, 0.4) is 0 Å². The van der Waals surface area contributed by atoms with Gasteiger partial charge < -0.3 is 9.73 Å². The Balaban J connectivity index is 1.75. The first-order valence-electron chi connectivity index (χ1n) is 9.74. The van der Waals surface area contributed by atoms with E-state index in [9.17, 15) is 4.79 Å². The van der Waals surface area contributed by atoms with Gasteiger partial charge in [-0.25, -0.2) is 4.98 Å². The third-order valence-corrected chi connectivity index (χ3v) is 4.93. The summed E-state index contributed by atoms with van der Waals surface area (Å²) in [4.78, 5) is 19.6. The molecule has 0 aliphatic rings. The summed E-state index contributed by atoms with van der Waals surface area (Å²) in [7, 11) is 0. The van der Waals surface area contributed by atoms with Crippen LogP contribution in [-0.4, -0.2) is 35.4 Å². The van der Waals surface area contributed by atoms with E-state index in [1.807, 2.05) is 48.5 Å². The van der Waals surface area contributed by atoms with Crippen molar-refractivity contribution >= 4 is 5.91 Å². The largest absolute Gasteiger partial charge is 0.441 e. The van der Waals surface area contributed by atoms with Crippen molar-refractivity contribution in [3.8, 4) is 11.5 Å². The normalized spacial score (nSPS) is 12.1. The van der Waals surface area contributed by atoms with Crippen molar-refractivity contribution < 1.29 is 9.21 Å². The Morgan fingerprint density at radius 3 is 2.25 bits per heavy atom. The lowest BCUT2D eigenvalue weighted by Crippen LogP contribution is -2.38. The molecule has 0 saturated heterocycles. The second kappa shape index (κ2) is 9.33. The van der Waals surface area contributed by atoms with E-state index in [4.69, 9.17) is 4.42 Å². The number of aryl methyl sites for hydroxylation is 1. The first-order chi connectivity index (χ1) is 13.6. The summed E-state index contributed by atoms with van der Waals surface area (Å²) in [6, 6.07) is 20.0. The number of nitrogens with zero attached hydrogens (tertiary/aromatic N) is 2. The van der Waals surface area contributed by atoms with E-state index in [0.29, 0.717) is 23.9 Å². The molecule has 0 aliphatic carbocycles. The van der Waals surface area contributed by atoms with Crippen LogP contribution >= 0.6 is 0 Å². The highest BCUT2D eigenvalue weighted by Gasteiger charge is 2.22. The zero-order valence-corrected chi connectivity index (χ0v) is 16.7. The summed E-state index contributed by atoms with van der Waals surface area (Å²) in [5.41, 5.74) is 2.38. The topological polar surface area (TPSA) is 58.4 Å². The minimum atomic E-state index is -0.212. The minimum Gasteiger partial charge on any atom is -0.441 e. The molecular formula is C23H27N3O2. The standard InChI is InChI=1S/C23H27N3O2/c1-4-26(5-2)20(18-12-8-6-9-13-18)16-24-22(27)21-17(3)28-23(25-21)19-14-10-7-11-15-19/h6-15,20H,4-5,16H2,1-3H3,(H,24,27)/t20-/m0/s1. The Morgan fingerprint density at radius 2 is 1.64 bits per heavy atom. The van der Waals surface area contributed by atoms with Crippen LogP contribution in [0.1, 0.15) is 41.7 Å². The minimum absolute atomic E-state index is 0.112. The Bertz CT molecular complexity index is 887. The second-order valence-corrected chi connectivity index (χ2v) is 6.65. The molecule has 1 atom stereocenters. The van der Waals surface area contributed by atoms with Crippen LogP contribution in [0.25, 0.3) is 11.5 Å². The highest BCUT2D eigenvalue weighted by molar-refractivity contribution is 5.93. The smallest absolute Gasteiger partial charge is 0.273 e. The molecule has 0 aliphatic heterocycles. The molecule has 0 unspecified atom stereocenters. The first kappa shape index (κ1) is 19.8. The summed E-state index contributed by atoms with van der Waals surface area (Å²) >= 11 is 0. The first-order valence-corrected chi connectivity index (χ1v) is 9.74. The molecular weight excluding hydrogens is 350 g/mol. The summed E-state index contributed by atoms with van der Waals surface area (Å²) < 4.78 is 5.72. The SMILES string of the molecule is CCN(CC)[C@@H](CNC(=O)c1nc(-c2ccccc2)oc1C)c1ccccc1. The van der Waals surface area contributed by atoms with E-state index >= 15 is 0 Å². The van der Waals surface area contributed by atoms with Crippen LogP contribution in [0, 0.1) is 6.92 Å². The lowest BCUT2D eigenvalue weighted by atomic mass is 10.0. The summed E-state index contributed by atoms with van der Waals surface area (Å²) in [5, 5.41) is 3.05. The van der Waals surface area contributed by atoms with Gasteiger partial charge in [-0.3, -0.25) is 9.69 Å². The van der Waals surface area contributed by atoms with Gasteiger partial charge in [0.25, 0.3) is 5.91 Å². The van der Waals surface area contributed by atoms with Gasteiger partial charge in [-0.1, -0.05) is 62.4 Å². The highest BCUT2D eigenvalue weighted by atomic mass is 16.4. The van der Waals surface area contributed by atoms with Crippen LogP contribution in [0.2, 0.25) is 0 Å². The van der Waals surface area contributed by atoms with Gasteiger partial charge in [0.15, 0.2) is 5.69 Å². The fraction of sp³-hybridized carbons (Fsp3) is 0.304. The monoisotopic (exact) mass is 377 g/mol. The molecule has 1 N–H and O–H groups in total. The van der Waals surface area contributed by atoms with Crippen molar-refractivity contribution in [2.75, 3.05) is 19.6 Å². The molecule has 1 heterocycles. The average molecular weight is 377 g/mol. The van der Waals surface area contributed by atoms with Crippen molar-refractivity contribution in [3.63, 3.8) is 0 Å². The molecule has 1 aromatic heterocycles. The fourth-order valence-corrected chi connectivity index (χ4v) is 3.38. The van der Waals surface area contributed by atoms with E-state index in [1.165, 1.54) is 5.56 Å². The van der Waals surface area contributed by atoms with E-state index in [2.05, 4.69) is 41.2 Å². The Labute approximate surface area is 166 Å². The summed E-state index contributed by atoms with van der Waals surface area (Å²) in [5.74, 6) is 0.776. The number of rotatable bonds is 8. The third-order valence-electron chi connectivity index (χ3n) is 4.93. The number of oxazole rings is 1. The number of benzene rings is 2. The molecule has 1 amide bonds. The van der Waals surface area contributed by atoms with Gasteiger partial charge in [0.05, 0.1) is 6.04 Å². The maximum absolute atomic E-state index is 12.8. The summed E-state index contributed by atoms with van der Waals surface area (Å²) in [6.45, 7) is 8.37. The number of hydrogen-bond donors (Lipinski definition) is 1. The van der Waals surface area contributed by atoms with E-state index < -0.39 is 0 Å². The number of nitrogens with one attached hydrogen (secondary N) is 1. The Morgan fingerprint density at radius 1 is 1.04 bits per heavy atom. The van der Waals surface area contributed by atoms with Crippen molar-refractivity contribution in [1.82, 2.24) is 15.2 Å². The quantitative estimate of drug-likeness (QED) is 0.629. The average Bonchev–Trinajstić information content (AvgIpc) is 3.14. The van der Waals surface area contributed by atoms with Crippen LogP contribution < -0.4 is 5.32 Å². The highest BCUT2D eigenvalue weighted by Crippen LogP contribution is 2.22. The number of carbonyl (C=O) groups excluding carboxylic acids is 1.